The van der Waals surface area contributed by atoms with Crippen LogP contribution in [-0.2, 0) is 4.74 Å². The molecule has 76 valence electrons. The van der Waals surface area contributed by atoms with E-state index >= 15 is 0 Å². The molecule has 3 N–H and O–H groups in total. The van der Waals surface area contributed by atoms with Gasteiger partial charge >= 0.3 is 0 Å². The van der Waals surface area contributed by atoms with Crippen LogP contribution in [0.1, 0.15) is 6.42 Å². The minimum atomic E-state index is 0.369. The largest absolute Gasteiger partial charge is 0.397 e. The molecule has 2 rings (SSSR count). The van der Waals surface area contributed by atoms with E-state index in [9.17, 15) is 0 Å². The lowest BCUT2D eigenvalue weighted by Gasteiger charge is -2.27. The van der Waals surface area contributed by atoms with Crippen LogP contribution in [0, 0.1) is 3.57 Å². The summed E-state index contributed by atoms with van der Waals surface area (Å²) in [4.78, 5) is 0. The maximum atomic E-state index is 5.86. The van der Waals surface area contributed by atoms with Crippen molar-refractivity contribution >= 4 is 34.0 Å². The van der Waals surface area contributed by atoms with Crippen LogP contribution in [0.5, 0.6) is 0 Å². The predicted octanol–water partition coefficient (Wildman–Crippen LogP) is 2.07. The Kier molecular flexibility index (Phi) is 3.12. The van der Waals surface area contributed by atoms with Gasteiger partial charge < -0.3 is 15.8 Å². The van der Waals surface area contributed by atoms with E-state index in [-0.39, 0.29) is 0 Å². The van der Waals surface area contributed by atoms with Crippen LogP contribution in [0.3, 0.4) is 0 Å². The monoisotopic (exact) mass is 304 g/mol. The molecule has 0 radical (unpaired) electrons. The first-order valence-electron chi connectivity index (χ1n) is 4.66. The summed E-state index contributed by atoms with van der Waals surface area (Å²) >= 11 is 2.25. The minimum Gasteiger partial charge on any atom is -0.397 e. The van der Waals surface area contributed by atoms with Gasteiger partial charge in [-0.25, -0.2) is 0 Å². The van der Waals surface area contributed by atoms with Gasteiger partial charge in [-0.05, 0) is 47.2 Å². The number of anilines is 2. The Hall–Kier alpha value is -0.490. The third kappa shape index (κ3) is 2.30. The Bertz CT molecular complexity index is 326. The molecule has 1 aliphatic heterocycles. The molecule has 1 atom stereocenters. The van der Waals surface area contributed by atoms with Crippen molar-refractivity contribution in [1.29, 1.82) is 0 Å². The summed E-state index contributed by atoms with van der Waals surface area (Å²) in [6.07, 6.45) is 1.52. The van der Waals surface area contributed by atoms with Crippen molar-refractivity contribution in [2.75, 3.05) is 24.2 Å². The standard InChI is InChI=1S/C10H13IN2O/c11-7-1-2-10(9(12)5-7)13-6-8-3-4-14-8/h1-2,5,8,13H,3-4,6,12H2/t8-/m0/s1. The summed E-state index contributed by atoms with van der Waals surface area (Å²) in [5.41, 5.74) is 7.66. The molecule has 0 aromatic heterocycles. The van der Waals surface area contributed by atoms with Crippen LogP contribution in [-0.4, -0.2) is 19.3 Å². The highest BCUT2D eigenvalue weighted by Gasteiger charge is 2.17. The Morgan fingerprint density at radius 2 is 2.36 bits per heavy atom. The van der Waals surface area contributed by atoms with E-state index in [2.05, 4.69) is 27.9 Å². The first-order valence-corrected chi connectivity index (χ1v) is 5.74. The lowest BCUT2D eigenvalue weighted by atomic mass is 10.2. The van der Waals surface area contributed by atoms with Gasteiger partial charge in [-0.3, -0.25) is 0 Å². The topological polar surface area (TPSA) is 47.3 Å². The normalized spacial score (nSPS) is 20.2. The van der Waals surface area contributed by atoms with Gasteiger partial charge in [0.1, 0.15) is 0 Å². The molecule has 0 amide bonds. The zero-order valence-corrected chi connectivity index (χ0v) is 9.95. The predicted molar refractivity (Wildman–Crippen MR) is 66.4 cm³/mol. The van der Waals surface area contributed by atoms with Crippen molar-refractivity contribution in [2.24, 2.45) is 0 Å². The molecule has 0 saturated carbocycles. The van der Waals surface area contributed by atoms with E-state index in [0.717, 1.165) is 34.5 Å². The lowest BCUT2D eigenvalue weighted by molar-refractivity contribution is -0.0410. The van der Waals surface area contributed by atoms with E-state index in [1.807, 2.05) is 18.2 Å². The van der Waals surface area contributed by atoms with Gasteiger partial charge in [0.25, 0.3) is 0 Å². The highest BCUT2D eigenvalue weighted by molar-refractivity contribution is 14.1. The van der Waals surface area contributed by atoms with Crippen molar-refractivity contribution in [1.82, 2.24) is 0 Å². The summed E-state index contributed by atoms with van der Waals surface area (Å²) in [7, 11) is 0. The Labute approximate surface area is 97.2 Å². The van der Waals surface area contributed by atoms with Gasteiger partial charge in [-0.1, -0.05) is 0 Å². The number of benzene rings is 1. The first-order chi connectivity index (χ1) is 6.75. The maximum Gasteiger partial charge on any atom is 0.0769 e. The Morgan fingerprint density at radius 1 is 1.57 bits per heavy atom. The van der Waals surface area contributed by atoms with Crippen LogP contribution in [0.4, 0.5) is 11.4 Å². The second kappa shape index (κ2) is 4.35. The lowest BCUT2D eigenvalue weighted by Crippen LogP contribution is -2.33. The minimum absolute atomic E-state index is 0.369. The molecule has 4 heteroatoms. The summed E-state index contributed by atoms with van der Waals surface area (Å²) in [6.45, 7) is 1.75. The molecule has 0 bridgehead atoms. The molecule has 1 fully saturated rings. The maximum absolute atomic E-state index is 5.86. The second-order valence-electron chi connectivity index (χ2n) is 3.39. The van der Waals surface area contributed by atoms with E-state index in [0.29, 0.717) is 6.10 Å². The second-order valence-corrected chi connectivity index (χ2v) is 4.64. The highest BCUT2D eigenvalue weighted by Crippen LogP contribution is 2.21. The molecule has 0 aliphatic carbocycles. The molecule has 1 aromatic rings. The van der Waals surface area contributed by atoms with E-state index in [1.165, 1.54) is 0 Å². The van der Waals surface area contributed by atoms with Crippen LogP contribution >= 0.6 is 22.6 Å². The number of hydrogen-bond acceptors (Lipinski definition) is 3. The highest BCUT2D eigenvalue weighted by atomic mass is 127. The number of nitrogen functional groups attached to an aromatic ring is 1. The molecule has 0 spiro atoms. The number of nitrogens with one attached hydrogen (secondary N) is 1. The number of halogens is 1. The summed E-state index contributed by atoms with van der Waals surface area (Å²) in [6, 6.07) is 6.02. The molecule has 1 saturated heterocycles. The average molecular weight is 304 g/mol. The molecule has 1 aromatic carbocycles. The number of nitrogens with two attached hydrogens (primary N) is 1. The average Bonchev–Trinajstić information content (AvgIpc) is 2.05. The van der Waals surface area contributed by atoms with Crippen molar-refractivity contribution in [3.8, 4) is 0 Å². The summed E-state index contributed by atoms with van der Waals surface area (Å²) in [5, 5.41) is 3.29. The van der Waals surface area contributed by atoms with Gasteiger partial charge in [0.2, 0.25) is 0 Å². The van der Waals surface area contributed by atoms with Gasteiger partial charge in [0, 0.05) is 16.7 Å². The molecular weight excluding hydrogens is 291 g/mol. The van der Waals surface area contributed by atoms with Crippen LogP contribution < -0.4 is 11.1 Å². The van der Waals surface area contributed by atoms with Crippen LogP contribution in [0.15, 0.2) is 18.2 Å². The fourth-order valence-corrected chi connectivity index (χ4v) is 1.88. The van der Waals surface area contributed by atoms with Gasteiger partial charge in [-0.15, -0.1) is 0 Å². The SMILES string of the molecule is Nc1cc(I)ccc1NC[C@@H]1CCO1. The van der Waals surface area contributed by atoms with Crippen molar-refractivity contribution < 1.29 is 4.74 Å². The molecule has 3 nitrogen and oxygen atoms in total. The van der Waals surface area contributed by atoms with E-state index in [4.69, 9.17) is 10.5 Å². The van der Waals surface area contributed by atoms with Gasteiger partial charge in [0.15, 0.2) is 0 Å². The number of rotatable bonds is 3. The van der Waals surface area contributed by atoms with Crippen LogP contribution in [0.25, 0.3) is 0 Å². The number of ether oxygens (including phenoxy) is 1. The van der Waals surface area contributed by atoms with Crippen LogP contribution in [0.2, 0.25) is 0 Å². The zero-order valence-electron chi connectivity index (χ0n) is 7.79. The molecule has 1 aliphatic rings. The van der Waals surface area contributed by atoms with E-state index in [1.54, 1.807) is 0 Å². The number of hydrogen-bond donors (Lipinski definition) is 2. The van der Waals surface area contributed by atoms with E-state index < -0.39 is 0 Å². The first kappa shape index (κ1) is 10.0. The van der Waals surface area contributed by atoms with Crippen molar-refractivity contribution in [3.05, 3.63) is 21.8 Å². The fourth-order valence-electron chi connectivity index (χ4n) is 1.36. The Balaban J connectivity index is 1.94. The van der Waals surface area contributed by atoms with Crippen molar-refractivity contribution in [2.45, 2.75) is 12.5 Å². The fraction of sp³-hybridized carbons (Fsp3) is 0.400. The van der Waals surface area contributed by atoms with Gasteiger partial charge in [-0.2, -0.15) is 0 Å². The molecule has 14 heavy (non-hydrogen) atoms. The zero-order chi connectivity index (χ0) is 9.97. The summed E-state index contributed by atoms with van der Waals surface area (Å²) in [5.74, 6) is 0. The third-order valence-corrected chi connectivity index (χ3v) is 3.00. The third-order valence-electron chi connectivity index (χ3n) is 2.33. The molecule has 1 heterocycles. The summed E-state index contributed by atoms with van der Waals surface area (Å²) < 4.78 is 6.47. The Morgan fingerprint density at radius 3 is 2.93 bits per heavy atom. The van der Waals surface area contributed by atoms with Crippen molar-refractivity contribution in [3.63, 3.8) is 0 Å². The quantitative estimate of drug-likeness (QED) is 0.664. The smallest absolute Gasteiger partial charge is 0.0769 e. The molecule has 0 unspecified atom stereocenters. The molecular formula is C10H13IN2O. The van der Waals surface area contributed by atoms with Gasteiger partial charge in [0.05, 0.1) is 17.5 Å².